The number of benzene rings is 1. The number of halogens is 1. The molecule has 0 unspecified atom stereocenters. The van der Waals surface area contributed by atoms with Gasteiger partial charge in [0.05, 0.1) is 18.5 Å². The van der Waals surface area contributed by atoms with E-state index in [1.165, 1.54) is 19.2 Å². The molecule has 1 aromatic heterocycles. The van der Waals surface area contributed by atoms with Crippen LogP contribution >= 0.6 is 0 Å². The van der Waals surface area contributed by atoms with E-state index in [4.69, 9.17) is 15.2 Å². The maximum absolute atomic E-state index is 13.5. The molecule has 20 heavy (non-hydrogen) atoms. The van der Waals surface area contributed by atoms with Crippen molar-refractivity contribution in [1.82, 2.24) is 4.98 Å². The first-order chi connectivity index (χ1) is 9.55. The summed E-state index contributed by atoms with van der Waals surface area (Å²) in [6, 6.07) is 6.30. The zero-order valence-electron chi connectivity index (χ0n) is 11.7. The number of ether oxygens (including phenoxy) is 2. The van der Waals surface area contributed by atoms with Gasteiger partial charge in [0.2, 0.25) is 0 Å². The number of nitrogens with zero attached hydrogens (tertiary/aromatic N) is 1. The van der Waals surface area contributed by atoms with Crippen LogP contribution in [0.25, 0.3) is 0 Å². The number of hydrogen-bond donors (Lipinski definition) is 1. The van der Waals surface area contributed by atoms with Gasteiger partial charge in [-0.05, 0) is 25.5 Å². The highest BCUT2D eigenvalue weighted by atomic mass is 19.1. The summed E-state index contributed by atoms with van der Waals surface area (Å²) < 4.78 is 24.2. The van der Waals surface area contributed by atoms with E-state index in [2.05, 4.69) is 4.98 Å². The molecular weight excluding hydrogens is 259 g/mol. The van der Waals surface area contributed by atoms with Gasteiger partial charge in [0.15, 0.2) is 17.3 Å². The third-order valence-electron chi connectivity index (χ3n) is 2.91. The van der Waals surface area contributed by atoms with Crippen molar-refractivity contribution < 1.29 is 13.9 Å². The Hall–Kier alpha value is -2.30. The van der Waals surface area contributed by atoms with Crippen molar-refractivity contribution in [3.63, 3.8) is 0 Å². The fourth-order valence-corrected chi connectivity index (χ4v) is 1.86. The van der Waals surface area contributed by atoms with Crippen molar-refractivity contribution in [2.24, 2.45) is 0 Å². The van der Waals surface area contributed by atoms with E-state index in [1.807, 2.05) is 26.0 Å². The van der Waals surface area contributed by atoms with Gasteiger partial charge in [-0.25, -0.2) is 4.39 Å². The van der Waals surface area contributed by atoms with E-state index < -0.39 is 5.82 Å². The summed E-state index contributed by atoms with van der Waals surface area (Å²) in [5, 5.41) is 0. The lowest BCUT2D eigenvalue weighted by Gasteiger charge is -2.13. The predicted molar refractivity (Wildman–Crippen MR) is 75.8 cm³/mol. The number of hydrogen-bond acceptors (Lipinski definition) is 4. The van der Waals surface area contributed by atoms with Crippen molar-refractivity contribution in [3.8, 4) is 17.2 Å². The van der Waals surface area contributed by atoms with Crippen molar-refractivity contribution in [2.75, 3.05) is 12.8 Å². The maximum atomic E-state index is 13.5. The Kier molecular flexibility index (Phi) is 4.08. The summed E-state index contributed by atoms with van der Waals surface area (Å²) >= 11 is 0. The molecule has 0 radical (unpaired) electrons. The van der Waals surface area contributed by atoms with Gasteiger partial charge in [-0.2, -0.15) is 0 Å². The van der Waals surface area contributed by atoms with Crippen molar-refractivity contribution in [2.45, 2.75) is 20.3 Å². The van der Waals surface area contributed by atoms with Crippen LogP contribution in [0, 0.1) is 12.7 Å². The largest absolute Gasteiger partial charge is 0.494 e. The lowest BCUT2D eigenvalue weighted by atomic mass is 10.2. The summed E-state index contributed by atoms with van der Waals surface area (Å²) in [7, 11) is 1.39. The first kappa shape index (κ1) is 14.1. The smallest absolute Gasteiger partial charge is 0.167 e. The number of methoxy groups -OCH3 is 1. The molecule has 0 aliphatic rings. The summed E-state index contributed by atoms with van der Waals surface area (Å²) in [5.41, 5.74) is 7.73. The van der Waals surface area contributed by atoms with Gasteiger partial charge in [-0.15, -0.1) is 0 Å². The second-order valence-corrected chi connectivity index (χ2v) is 4.38. The maximum Gasteiger partial charge on any atom is 0.167 e. The third kappa shape index (κ3) is 2.82. The first-order valence-electron chi connectivity index (χ1n) is 6.32. The molecular formula is C15H17FN2O2. The van der Waals surface area contributed by atoms with Crippen LogP contribution in [0.5, 0.6) is 17.2 Å². The van der Waals surface area contributed by atoms with E-state index >= 15 is 0 Å². The SMILES string of the molecule is CCc1nc(C)ccc1Oc1cc(OC)c(F)cc1N. The van der Waals surface area contributed by atoms with Crippen LogP contribution in [0.1, 0.15) is 18.3 Å². The topological polar surface area (TPSA) is 57.4 Å². The molecule has 0 spiro atoms. The molecule has 4 nitrogen and oxygen atoms in total. The molecule has 2 rings (SSSR count). The summed E-state index contributed by atoms with van der Waals surface area (Å²) in [5.74, 6) is 0.532. The molecule has 1 heterocycles. The Bertz CT molecular complexity index is 630. The van der Waals surface area contributed by atoms with E-state index in [9.17, 15) is 4.39 Å². The molecule has 0 saturated heterocycles. The van der Waals surface area contributed by atoms with Gasteiger partial charge < -0.3 is 15.2 Å². The standard InChI is InChI=1S/C15H17FN2O2/c1-4-12-13(6-5-9(2)18-12)20-15-8-14(19-3)10(16)7-11(15)17/h5-8H,4,17H2,1-3H3. The Morgan fingerprint density at radius 3 is 2.60 bits per heavy atom. The first-order valence-corrected chi connectivity index (χ1v) is 6.32. The summed E-state index contributed by atoms with van der Waals surface area (Å²) in [4.78, 5) is 4.41. The Balaban J connectivity index is 2.39. The highest BCUT2D eigenvalue weighted by Gasteiger charge is 2.12. The molecule has 1 aromatic carbocycles. The zero-order valence-corrected chi connectivity index (χ0v) is 11.7. The second kappa shape index (κ2) is 5.77. The fraction of sp³-hybridized carbons (Fsp3) is 0.267. The number of pyridine rings is 1. The average Bonchev–Trinajstić information content (AvgIpc) is 2.43. The van der Waals surface area contributed by atoms with Gasteiger partial charge in [0.1, 0.15) is 5.75 Å². The van der Waals surface area contributed by atoms with E-state index in [-0.39, 0.29) is 11.4 Å². The van der Waals surface area contributed by atoms with Crippen LogP contribution in [0.4, 0.5) is 10.1 Å². The van der Waals surface area contributed by atoms with E-state index in [1.54, 1.807) is 0 Å². The summed E-state index contributed by atoms with van der Waals surface area (Å²) in [6.45, 7) is 3.90. The molecule has 0 amide bonds. The molecule has 106 valence electrons. The lowest BCUT2D eigenvalue weighted by molar-refractivity contribution is 0.381. The Labute approximate surface area is 117 Å². The lowest BCUT2D eigenvalue weighted by Crippen LogP contribution is -1.99. The third-order valence-corrected chi connectivity index (χ3v) is 2.91. The number of aromatic nitrogens is 1. The molecule has 0 bridgehead atoms. The molecule has 0 aliphatic heterocycles. The van der Waals surface area contributed by atoms with Crippen LogP contribution in [0.2, 0.25) is 0 Å². The van der Waals surface area contributed by atoms with Crippen LogP contribution in [-0.4, -0.2) is 12.1 Å². The normalized spacial score (nSPS) is 10.4. The van der Waals surface area contributed by atoms with E-state index in [0.29, 0.717) is 11.5 Å². The minimum Gasteiger partial charge on any atom is -0.494 e. The highest BCUT2D eigenvalue weighted by Crippen LogP contribution is 2.34. The number of anilines is 1. The van der Waals surface area contributed by atoms with Crippen LogP contribution in [0.3, 0.4) is 0 Å². The number of aryl methyl sites for hydroxylation is 2. The molecule has 0 saturated carbocycles. The molecule has 0 fully saturated rings. The molecule has 5 heteroatoms. The number of rotatable bonds is 4. The number of nitrogens with two attached hydrogens (primary N) is 1. The summed E-state index contributed by atoms with van der Waals surface area (Å²) in [6.07, 6.45) is 0.731. The molecule has 2 aromatic rings. The number of nitrogen functional groups attached to an aromatic ring is 1. The molecule has 0 aliphatic carbocycles. The average molecular weight is 276 g/mol. The fourth-order valence-electron chi connectivity index (χ4n) is 1.86. The van der Waals surface area contributed by atoms with Gasteiger partial charge >= 0.3 is 0 Å². The van der Waals surface area contributed by atoms with Crippen LogP contribution in [0.15, 0.2) is 24.3 Å². The van der Waals surface area contributed by atoms with Gasteiger partial charge in [-0.3, -0.25) is 4.98 Å². The molecule has 0 atom stereocenters. The van der Waals surface area contributed by atoms with Gasteiger partial charge in [0, 0.05) is 17.8 Å². The minimum absolute atomic E-state index is 0.0901. The quantitative estimate of drug-likeness (QED) is 0.869. The minimum atomic E-state index is -0.518. The van der Waals surface area contributed by atoms with Crippen molar-refractivity contribution in [1.29, 1.82) is 0 Å². The Morgan fingerprint density at radius 1 is 1.20 bits per heavy atom. The van der Waals surface area contributed by atoms with Crippen molar-refractivity contribution >= 4 is 5.69 Å². The van der Waals surface area contributed by atoms with Gasteiger partial charge in [-0.1, -0.05) is 6.92 Å². The second-order valence-electron chi connectivity index (χ2n) is 4.38. The van der Waals surface area contributed by atoms with E-state index in [0.717, 1.165) is 17.8 Å². The van der Waals surface area contributed by atoms with Crippen LogP contribution < -0.4 is 15.2 Å². The zero-order chi connectivity index (χ0) is 14.7. The Morgan fingerprint density at radius 2 is 1.95 bits per heavy atom. The van der Waals surface area contributed by atoms with Crippen molar-refractivity contribution in [3.05, 3.63) is 41.5 Å². The molecule has 2 N–H and O–H groups in total. The monoisotopic (exact) mass is 276 g/mol. The van der Waals surface area contributed by atoms with Crippen LogP contribution in [-0.2, 0) is 6.42 Å². The van der Waals surface area contributed by atoms with Gasteiger partial charge in [0.25, 0.3) is 0 Å². The predicted octanol–water partition coefficient (Wildman–Crippen LogP) is 3.47. The highest BCUT2D eigenvalue weighted by molar-refractivity contribution is 5.57.